The maximum absolute atomic E-state index is 12.0. The van der Waals surface area contributed by atoms with Crippen molar-refractivity contribution in [3.8, 4) is 5.75 Å². The second-order valence-corrected chi connectivity index (χ2v) is 5.83. The van der Waals surface area contributed by atoms with Crippen molar-refractivity contribution in [2.45, 2.75) is 26.2 Å². The van der Waals surface area contributed by atoms with Crippen LogP contribution in [0.2, 0.25) is 0 Å². The highest BCUT2D eigenvalue weighted by Gasteiger charge is 2.07. The van der Waals surface area contributed by atoms with Gasteiger partial charge in [-0.1, -0.05) is 38.1 Å². The van der Waals surface area contributed by atoms with Gasteiger partial charge in [0.1, 0.15) is 5.75 Å². The molecule has 0 saturated heterocycles. The highest BCUT2D eigenvalue weighted by Crippen LogP contribution is 2.20. The summed E-state index contributed by atoms with van der Waals surface area (Å²) in [6, 6.07) is 14.4. The summed E-state index contributed by atoms with van der Waals surface area (Å²) in [5.74, 6) is -0.167. The molecule has 0 fully saturated rings. The Morgan fingerprint density at radius 1 is 1.12 bits per heavy atom. The fourth-order valence-electron chi connectivity index (χ4n) is 2.24. The van der Waals surface area contributed by atoms with Crippen LogP contribution in [-0.2, 0) is 16.0 Å². The van der Waals surface area contributed by atoms with E-state index >= 15 is 0 Å². The van der Waals surface area contributed by atoms with E-state index in [2.05, 4.69) is 19.2 Å². The van der Waals surface area contributed by atoms with E-state index in [0.717, 1.165) is 5.56 Å². The first-order valence-electron chi connectivity index (χ1n) is 7.77. The number of carbonyl (C=O) groups is 2. The molecule has 5 nitrogen and oxygen atoms in total. The summed E-state index contributed by atoms with van der Waals surface area (Å²) in [4.78, 5) is 22.7. The summed E-state index contributed by atoms with van der Waals surface area (Å²) >= 11 is 0. The molecule has 2 aromatic carbocycles. The first-order chi connectivity index (χ1) is 11.4. The van der Waals surface area contributed by atoms with E-state index in [9.17, 15) is 9.59 Å². The number of carboxylic acids is 1. The molecule has 0 aliphatic heterocycles. The fraction of sp³-hybridized carbons (Fsp3) is 0.263. The zero-order chi connectivity index (χ0) is 17.5. The molecule has 0 aliphatic carbocycles. The van der Waals surface area contributed by atoms with Crippen molar-refractivity contribution in [2.75, 3.05) is 11.9 Å². The maximum Gasteiger partial charge on any atom is 0.307 e. The molecular weight excluding hydrogens is 306 g/mol. The molecular formula is C19H21NO4. The molecule has 0 unspecified atom stereocenters. The topological polar surface area (TPSA) is 75.6 Å². The minimum absolute atomic E-state index is 0.0811. The number of hydrogen-bond acceptors (Lipinski definition) is 3. The minimum Gasteiger partial charge on any atom is -0.484 e. The minimum atomic E-state index is -0.910. The average molecular weight is 327 g/mol. The fourth-order valence-corrected chi connectivity index (χ4v) is 2.24. The molecule has 2 rings (SSSR count). The first kappa shape index (κ1) is 17.5. The van der Waals surface area contributed by atoms with Crippen LogP contribution in [0.25, 0.3) is 0 Å². The number of anilines is 1. The molecule has 0 aliphatic rings. The average Bonchev–Trinajstić information content (AvgIpc) is 2.53. The molecule has 1 amide bonds. The monoisotopic (exact) mass is 327 g/mol. The lowest BCUT2D eigenvalue weighted by Gasteiger charge is -2.10. The predicted octanol–water partition coefficient (Wildman–Crippen LogP) is 3.45. The summed E-state index contributed by atoms with van der Waals surface area (Å²) in [5.41, 5.74) is 2.33. The van der Waals surface area contributed by atoms with E-state index in [1.165, 1.54) is 0 Å². The van der Waals surface area contributed by atoms with E-state index < -0.39 is 5.97 Å². The molecule has 0 heterocycles. The van der Waals surface area contributed by atoms with Gasteiger partial charge in [-0.05, 0) is 41.3 Å². The summed E-state index contributed by atoms with van der Waals surface area (Å²) in [6.07, 6.45) is -0.0811. The molecule has 5 heteroatoms. The second kappa shape index (κ2) is 8.15. The SMILES string of the molecule is CC(C)c1cccc(OCC(=O)Nc2cccc(CC(=O)O)c2)c1. The van der Waals surface area contributed by atoms with E-state index in [0.29, 0.717) is 22.9 Å². The highest BCUT2D eigenvalue weighted by molar-refractivity contribution is 5.92. The number of carbonyl (C=O) groups excluding carboxylic acids is 1. The largest absolute Gasteiger partial charge is 0.484 e. The van der Waals surface area contributed by atoms with Crippen LogP contribution in [0.5, 0.6) is 5.75 Å². The third kappa shape index (κ3) is 5.43. The lowest BCUT2D eigenvalue weighted by Crippen LogP contribution is -2.20. The summed E-state index contributed by atoms with van der Waals surface area (Å²) in [6.45, 7) is 4.08. The van der Waals surface area contributed by atoms with Crippen molar-refractivity contribution in [2.24, 2.45) is 0 Å². The van der Waals surface area contributed by atoms with Crippen molar-refractivity contribution in [1.29, 1.82) is 0 Å². The maximum atomic E-state index is 12.0. The summed E-state index contributed by atoms with van der Waals surface area (Å²) in [7, 11) is 0. The van der Waals surface area contributed by atoms with E-state index in [1.807, 2.05) is 24.3 Å². The number of amides is 1. The summed E-state index contributed by atoms with van der Waals surface area (Å²) < 4.78 is 5.52. The second-order valence-electron chi connectivity index (χ2n) is 5.83. The van der Waals surface area contributed by atoms with Crippen LogP contribution < -0.4 is 10.1 Å². The van der Waals surface area contributed by atoms with Crippen LogP contribution >= 0.6 is 0 Å². The Labute approximate surface area is 141 Å². The van der Waals surface area contributed by atoms with Crippen LogP contribution in [-0.4, -0.2) is 23.6 Å². The van der Waals surface area contributed by atoms with Crippen LogP contribution in [0.4, 0.5) is 5.69 Å². The van der Waals surface area contributed by atoms with Gasteiger partial charge >= 0.3 is 5.97 Å². The van der Waals surface area contributed by atoms with Crippen molar-refractivity contribution in [3.63, 3.8) is 0 Å². The molecule has 2 N–H and O–H groups in total. The van der Waals surface area contributed by atoms with E-state index in [-0.39, 0.29) is 18.9 Å². The van der Waals surface area contributed by atoms with Crippen molar-refractivity contribution >= 4 is 17.6 Å². The molecule has 2 aromatic rings. The first-order valence-corrected chi connectivity index (χ1v) is 7.77. The van der Waals surface area contributed by atoms with Crippen LogP contribution in [0.1, 0.15) is 30.9 Å². The van der Waals surface area contributed by atoms with Gasteiger partial charge in [0.2, 0.25) is 0 Å². The smallest absolute Gasteiger partial charge is 0.307 e. The van der Waals surface area contributed by atoms with Gasteiger partial charge in [0.25, 0.3) is 5.91 Å². The molecule has 0 aromatic heterocycles. The van der Waals surface area contributed by atoms with Gasteiger partial charge in [-0.2, -0.15) is 0 Å². The molecule has 0 bridgehead atoms. The Morgan fingerprint density at radius 2 is 1.88 bits per heavy atom. The molecule has 0 atom stereocenters. The zero-order valence-corrected chi connectivity index (χ0v) is 13.8. The number of carboxylic acid groups (broad SMARTS) is 1. The normalized spacial score (nSPS) is 10.5. The number of aliphatic carboxylic acids is 1. The number of nitrogens with one attached hydrogen (secondary N) is 1. The van der Waals surface area contributed by atoms with Gasteiger partial charge in [0.05, 0.1) is 6.42 Å². The van der Waals surface area contributed by atoms with Gasteiger partial charge in [-0.25, -0.2) is 0 Å². The number of hydrogen-bond donors (Lipinski definition) is 2. The number of rotatable bonds is 7. The van der Waals surface area contributed by atoms with Gasteiger partial charge in [0, 0.05) is 5.69 Å². The van der Waals surface area contributed by atoms with Gasteiger partial charge in [-0.3, -0.25) is 9.59 Å². The molecule has 0 radical (unpaired) electrons. The van der Waals surface area contributed by atoms with E-state index in [4.69, 9.17) is 9.84 Å². The van der Waals surface area contributed by atoms with E-state index in [1.54, 1.807) is 24.3 Å². The molecule has 0 spiro atoms. The Morgan fingerprint density at radius 3 is 2.58 bits per heavy atom. The van der Waals surface area contributed by atoms with Gasteiger partial charge in [-0.15, -0.1) is 0 Å². The Kier molecular flexibility index (Phi) is 5.95. The Balaban J connectivity index is 1.91. The number of benzene rings is 2. The highest BCUT2D eigenvalue weighted by atomic mass is 16.5. The van der Waals surface area contributed by atoms with Crippen molar-refractivity contribution in [1.82, 2.24) is 0 Å². The third-order valence-electron chi connectivity index (χ3n) is 3.46. The molecule has 24 heavy (non-hydrogen) atoms. The van der Waals surface area contributed by atoms with Crippen LogP contribution in [0, 0.1) is 0 Å². The van der Waals surface area contributed by atoms with Crippen LogP contribution in [0.15, 0.2) is 48.5 Å². The predicted molar refractivity (Wildman–Crippen MR) is 92.4 cm³/mol. The lowest BCUT2D eigenvalue weighted by atomic mass is 10.0. The third-order valence-corrected chi connectivity index (χ3v) is 3.46. The van der Waals surface area contributed by atoms with Crippen LogP contribution in [0.3, 0.4) is 0 Å². The van der Waals surface area contributed by atoms with Crippen molar-refractivity contribution in [3.05, 3.63) is 59.7 Å². The summed E-state index contributed by atoms with van der Waals surface area (Å²) in [5, 5.41) is 11.5. The quantitative estimate of drug-likeness (QED) is 0.816. The zero-order valence-electron chi connectivity index (χ0n) is 13.8. The standard InChI is InChI=1S/C19H21NO4/c1-13(2)15-6-4-8-17(11-15)24-12-18(21)20-16-7-3-5-14(9-16)10-19(22)23/h3-9,11,13H,10,12H2,1-2H3,(H,20,21)(H,22,23). The Hall–Kier alpha value is -2.82. The van der Waals surface area contributed by atoms with Gasteiger partial charge < -0.3 is 15.2 Å². The van der Waals surface area contributed by atoms with Gasteiger partial charge in [0.15, 0.2) is 6.61 Å². The molecule has 0 saturated carbocycles. The van der Waals surface area contributed by atoms with Crippen molar-refractivity contribution < 1.29 is 19.4 Å². The lowest BCUT2D eigenvalue weighted by molar-refractivity contribution is -0.136. The number of ether oxygens (including phenoxy) is 1. The molecule has 126 valence electrons. The Bertz CT molecular complexity index is 725.